The molecule has 4 bridgehead atoms. The number of benzene rings is 2. The summed E-state index contributed by atoms with van der Waals surface area (Å²) in [6.45, 7) is 0. The van der Waals surface area contributed by atoms with E-state index in [2.05, 4.69) is 5.32 Å². The van der Waals surface area contributed by atoms with Crippen LogP contribution in [0.2, 0.25) is 0 Å². The summed E-state index contributed by atoms with van der Waals surface area (Å²) in [5.74, 6) is 2.70. The fraction of sp³-hybridized carbons (Fsp3) is 0.522. The van der Waals surface area contributed by atoms with E-state index >= 15 is 0 Å². The first kappa shape index (κ1) is 18.2. The van der Waals surface area contributed by atoms with Crippen LogP contribution in [-0.4, -0.2) is 26.1 Å². The van der Waals surface area contributed by atoms with Crippen LogP contribution >= 0.6 is 0 Å². The van der Waals surface area contributed by atoms with E-state index in [0.717, 1.165) is 22.6 Å². The second-order valence-electron chi connectivity index (χ2n) is 9.10. The van der Waals surface area contributed by atoms with Crippen LogP contribution in [0.1, 0.15) is 38.5 Å². The van der Waals surface area contributed by atoms with E-state index in [4.69, 9.17) is 0 Å². The summed E-state index contributed by atoms with van der Waals surface area (Å²) >= 11 is 0. The average molecular weight is 398 g/mol. The zero-order valence-electron chi connectivity index (χ0n) is 16.0. The molecule has 0 spiro atoms. The van der Waals surface area contributed by atoms with Crippen molar-refractivity contribution in [1.29, 1.82) is 0 Å². The molecule has 0 radical (unpaired) electrons. The van der Waals surface area contributed by atoms with E-state index < -0.39 is 9.84 Å². The van der Waals surface area contributed by atoms with Crippen LogP contribution in [0.4, 0.5) is 0 Å². The maximum absolute atomic E-state index is 12.7. The van der Waals surface area contributed by atoms with Crippen LogP contribution < -0.4 is 5.32 Å². The lowest BCUT2D eigenvalue weighted by Gasteiger charge is -2.54. The van der Waals surface area contributed by atoms with Gasteiger partial charge in [-0.1, -0.05) is 30.3 Å². The largest absolute Gasteiger partial charge is 0.353 e. The number of carbonyl (C=O) groups excluding carboxylic acids is 1. The Kier molecular flexibility index (Phi) is 4.46. The summed E-state index contributed by atoms with van der Waals surface area (Å²) in [7, 11) is -3.47. The van der Waals surface area contributed by atoms with Crippen LogP contribution in [0.3, 0.4) is 0 Å². The molecule has 0 unspecified atom stereocenters. The Bertz CT molecular complexity index is 985. The second-order valence-corrected chi connectivity index (χ2v) is 11.2. The first-order chi connectivity index (χ1) is 13.5. The maximum Gasteiger partial charge on any atom is 0.221 e. The predicted octanol–water partition coefficient (Wildman–Crippen LogP) is 3.94. The highest BCUT2D eigenvalue weighted by molar-refractivity contribution is 7.91. The summed E-state index contributed by atoms with van der Waals surface area (Å²) in [6.07, 6.45) is 6.40. The zero-order valence-corrected chi connectivity index (χ0v) is 16.8. The minimum absolute atomic E-state index is 0.0396. The van der Waals surface area contributed by atoms with Crippen molar-refractivity contribution in [2.45, 2.75) is 49.5 Å². The van der Waals surface area contributed by atoms with Gasteiger partial charge < -0.3 is 5.32 Å². The third-order valence-electron chi connectivity index (χ3n) is 7.23. The Morgan fingerprint density at radius 3 is 2.21 bits per heavy atom. The smallest absolute Gasteiger partial charge is 0.221 e. The van der Waals surface area contributed by atoms with Crippen molar-refractivity contribution < 1.29 is 13.2 Å². The van der Waals surface area contributed by atoms with E-state index in [0.29, 0.717) is 16.7 Å². The molecule has 0 aromatic heterocycles. The van der Waals surface area contributed by atoms with Gasteiger partial charge in [0.15, 0.2) is 9.84 Å². The van der Waals surface area contributed by atoms with Crippen LogP contribution in [-0.2, 0) is 14.6 Å². The van der Waals surface area contributed by atoms with Crippen LogP contribution in [0.15, 0.2) is 47.4 Å². The Morgan fingerprint density at radius 2 is 1.54 bits per heavy atom. The number of nitrogens with one attached hydrogen (secondary N) is 1. The van der Waals surface area contributed by atoms with E-state index in [1.165, 1.54) is 32.1 Å². The van der Waals surface area contributed by atoms with Crippen molar-refractivity contribution in [2.75, 3.05) is 5.75 Å². The van der Waals surface area contributed by atoms with Crippen molar-refractivity contribution in [1.82, 2.24) is 5.32 Å². The minimum Gasteiger partial charge on any atom is -0.353 e. The molecule has 0 atom stereocenters. The van der Waals surface area contributed by atoms with Gasteiger partial charge in [0.05, 0.1) is 10.6 Å². The monoisotopic (exact) mass is 397 g/mol. The van der Waals surface area contributed by atoms with Crippen molar-refractivity contribution >= 4 is 26.5 Å². The van der Waals surface area contributed by atoms with E-state index in [9.17, 15) is 13.2 Å². The standard InChI is InChI=1S/C23H27NO3S/c25-22(24-23-19-10-15-9-16(12-19)13-20(23)11-15)7-8-28(26,27)21-6-5-17-3-1-2-4-18(17)14-21/h1-6,14-16,19-20,23H,7-13H2,(H,24,25). The van der Waals surface area contributed by atoms with Crippen LogP contribution in [0.5, 0.6) is 0 Å². The lowest BCUT2D eigenvalue weighted by Crippen LogP contribution is -2.55. The molecule has 4 fully saturated rings. The van der Waals surface area contributed by atoms with Gasteiger partial charge in [-0.2, -0.15) is 0 Å². The summed E-state index contributed by atoms with van der Waals surface area (Å²) in [6, 6.07) is 13.2. The number of hydrogen-bond donors (Lipinski definition) is 1. The average Bonchev–Trinajstić information content (AvgIpc) is 2.68. The molecule has 4 saturated carbocycles. The lowest BCUT2D eigenvalue weighted by molar-refractivity contribution is -0.124. The van der Waals surface area contributed by atoms with Gasteiger partial charge in [0.1, 0.15) is 0 Å². The fourth-order valence-corrected chi connectivity index (χ4v) is 7.40. The van der Waals surface area contributed by atoms with Gasteiger partial charge in [-0.25, -0.2) is 8.42 Å². The van der Waals surface area contributed by atoms with Gasteiger partial charge in [0, 0.05) is 12.5 Å². The molecule has 4 aliphatic rings. The molecule has 5 heteroatoms. The summed E-state index contributed by atoms with van der Waals surface area (Å²) in [5, 5.41) is 5.13. The topological polar surface area (TPSA) is 63.2 Å². The molecular formula is C23H27NO3S. The molecule has 4 nitrogen and oxygen atoms in total. The van der Waals surface area contributed by atoms with Gasteiger partial charge in [0.2, 0.25) is 5.91 Å². The van der Waals surface area contributed by atoms with Crippen molar-refractivity contribution in [3.63, 3.8) is 0 Å². The highest BCUT2D eigenvalue weighted by atomic mass is 32.2. The molecule has 2 aromatic carbocycles. The van der Waals surface area contributed by atoms with Gasteiger partial charge in [-0.3, -0.25) is 4.79 Å². The number of hydrogen-bond acceptors (Lipinski definition) is 3. The Labute approximate surface area is 166 Å². The first-order valence-electron chi connectivity index (χ1n) is 10.5. The fourth-order valence-electron chi connectivity index (χ4n) is 6.12. The summed E-state index contributed by atoms with van der Waals surface area (Å²) in [4.78, 5) is 12.8. The maximum atomic E-state index is 12.7. The highest BCUT2D eigenvalue weighted by Crippen LogP contribution is 2.53. The number of sulfone groups is 1. The Balaban J connectivity index is 1.23. The molecule has 2 aromatic rings. The lowest BCUT2D eigenvalue weighted by atomic mass is 9.54. The van der Waals surface area contributed by atoms with Gasteiger partial charge in [-0.05, 0) is 78.7 Å². The minimum atomic E-state index is -3.47. The molecule has 28 heavy (non-hydrogen) atoms. The molecular weight excluding hydrogens is 370 g/mol. The van der Waals surface area contributed by atoms with Crippen molar-refractivity contribution in [2.24, 2.45) is 23.7 Å². The number of rotatable bonds is 5. The van der Waals surface area contributed by atoms with Crippen LogP contribution in [0.25, 0.3) is 10.8 Å². The third-order valence-corrected chi connectivity index (χ3v) is 8.95. The summed E-state index contributed by atoms with van der Waals surface area (Å²) in [5.41, 5.74) is 0. The van der Waals surface area contributed by atoms with Crippen LogP contribution in [0, 0.1) is 23.7 Å². The number of fused-ring (bicyclic) bond motifs is 1. The van der Waals surface area contributed by atoms with E-state index in [1.54, 1.807) is 12.1 Å². The third kappa shape index (κ3) is 3.34. The van der Waals surface area contributed by atoms with E-state index in [-0.39, 0.29) is 24.1 Å². The van der Waals surface area contributed by atoms with Gasteiger partial charge >= 0.3 is 0 Å². The number of amides is 1. The van der Waals surface area contributed by atoms with Gasteiger partial charge in [-0.15, -0.1) is 0 Å². The molecule has 4 aliphatic carbocycles. The molecule has 1 N–H and O–H groups in total. The molecule has 0 aliphatic heterocycles. The molecule has 1 amide bonds. The van der Waals surface area contributed by atoms with Crippen molar-refractivity contribution in [3.8, 4) is 0 Å². The molecule has 0 saturated heterocycles. The normalized spacial score (nSPS) is 31.2. The van der Waals surface area contributed by atoms with Gasteiger partial charge in [0.25, 0.3) is 0 Å². The first-order valence-corrected chi connectivity index (χ1v) is 12.1. The quantitative estimate of drug-likeness (QED) is 0.831. The summed E-state index contributed by atoms with van der Waals surface area (Å²) < 4.78 is 25.5. The second kappa shape index (κ2) is 6.87. The molecule has 0 heterocycles. The molecule has 148 valence electrons. The Hall–Kier alpha value is -1.88. The highest BCUT2D eigenvalue weighted by Gasteiger charge is 2.48. The zero-order chi connectivity index (χ0) is 19.3. The Morgan fingerprint density at radius 1 is 0.893 bits per heavy atom. The molecule has 6 rings (SSSR count). The SMILES string of the molecule is O=C(CCS(=O)(=O)c1ccc2ccccc2c1)NC1C2CC3CC(C2)CC1C3. The number of carbonyl (C=O) groups is 1. The predicted molar refractivity (Wildman–Crippen MR) is 110 cm³/mol. The van der Waals surface area contributed by atoms with Crippen molar-refractivity contribution in [3.05, 3.63) is 42.5 Å². The van der Waals surface area contributed by atoms with E-state index in [1.807, 2.05) is 30.3 Å².